The van der Waals surface area contributed by atoms with Gasteiger partial charge in [-0.15, -0.1) is 0 Å². The second-order valence-electron chi connectivity index (χ2n) is 9.88. The largest absolute Gasteiger partial charge is 0.512 e. The molecule has 0 aliphatic heterocycles. The SMILES string of the molecule is CN(C)CCNc1ncc2ncnc(Nc3cc(C(=O)N=C(N)/C=C(\O)C(C)(C)C)ccc3C(F)(F)F)c2n1. The number of carbonyl (C=O) groups is 1. The number of aromatic nitrogens is 4. The number of aliphatic imine (C=N–C) groups is 1. The molecule has 5 N–H and O–H groups in total. The monoisotopic (exact) mass is 545 g/mol. The predicted octanol–water partition coefficient (Wildman–Crippen LogP) is 4.14. The molecule has 3 aromatic rings. The van der Waals surface area contributed by atoms with Crippen LogP contribution >= 0.6 is 0 Å². The van der Waals surface area contributed by atoms with Crippen LogP contribution in [0.3, 0.4) is 0 Å². The van der Waals surface area contributed by atoms with Crippen molar-refractivity contribution in [1.82, 2.24) is 24.8 Å². The molecular weight excluding hydrogens is 515 g/mol. The second kappa shape index (κ2) is 11.6. The molecule has 0 aliphatic rings. The number of alkyl halides is 3. The molecule has 1 amide bonds. The summed E-state index contributed by atoms with van der Waals surface area (Å²) in [5.74, 6) is -1.08. The zero-order valence-electron chi connectivity index (χ0n) is 22.1. The number of nitrogens with one attached hydrogen (secondary N) is 2. The van der Waals surface area contributed by atoms with Crippen molar-refractivity contribution in [3.05, 3.63) is 53.7 Å². The molecule has 0 saturated heterocycles. The molecule has 3 rings (SSSR count). The normalized spacial score (nSPS) is 13.2. The summed E-state index contributed by atoms with van der Waals surface area (Å²) >= 11 is 0. The van der Waals surface area contributed by atoms with Crippen LogP contribution in [-0.2, 0) is 6.18 Å². The molecule has 0 unspecified atom stereocenters. The minimum atomic E-state index is -4.75. The predicted molar refractivity (Wildman–Crippen MR) is 143 cm³/mol. The van der Waals surface area contributed by atoms with Gasteiger partial charge < -0.3 is 26.4 Å². The van der Waals surface area contributed by atoms with Gasteiger partial charge in [0.25, 0.3) is 5.91 Å². The Morgan fingerprint density at radius 1 is 1.18 bits per heavy atom. The minimum absolute atomic E-state index is 0.0193. The van der Waals surface area contributed by atoms with Gasteiger partial charge in [-0.2, -0.15) is 18.2 Å². The highest BCUT2D eigenvalue weighted by atomic mass is 19.4. The third-order valence-electron chi connectivity index (χ3n) is 5.33. The van der Waals surface area contributed by atoms with Crippen LogP contribution in [0.5, 0.6) is 0 Å². The maximum atomic E-state index is 13.9. The van der Waals surface area contributed by atoms with Gasteiger partial charge in [0.2, 0.25) is 5.95 Å². The Morgan fingerprint density at radius 2 is 1.90 bits per heavy atom. The zero-order valence-corrected chi connectivity index (χ0v) is 22.1. The molecule has 0 aliphatic carbocycles. The lowest BCUT2D eigenvalue weighted by molar-refractivity contribution is -0.136. The standard InChI is InChI=1S/C25H30F3N9O2/c1-24(2,3)18(38)11-19(29)35-22(39)14-6-7-15(25(26,27)28)16(10-14)34-21-20-17(32-13-33-21)12-31-23(36-20)30-8-9-37(4)5/h6-7,10-13,38H,8-9H2,1-5H3,(H2,29,35,39)(H,30,31,36)(H,32,33,34)/b18-11-. The first-order chi connectivity index (χ1) is 18.1. The van der Waals surface area contributed by atoms with Gasteiger partial charge in [-0.3, -0.25) is 4.79 Å². The Labute approximate surface area is 223 Å². The molecule has 39 heavy (non-hydrogen) atoms. The Bertz CT molecular complexity index is 1410. The molecular formula is C25H30F3N9O2. The number of amides is 1. The van der Waals surface area contributed by atoms with Crippen molar-refractivity contribution in [2.24, 2.45) is 16.1 Å². The van der Waals surface area contributed by atoms with Gasteiger partial charge in [0.15, 0.2) is 5.82 Å². The van der Waals surface area contributed by atoms with E-state index in [1.54, 1.807) is 20.8 Å². The van der Waals surface area contributed by atoms with Crippen LogP contribution in [0, 0.1) is 5.41 Å². The number of benzene rings is 1. The third kappa shape index (κ3) is 7.83. The Morgan fingerprint density at radius 3 is 2.54 bits per heavy atom. The molecule has 2 heterocycles. The summed E-state index contributed by atoms with van der Waals surface area (Å²) in [6.45, 7) is 6.42. The molecule has 14 heteroatoms. The van der Waals surface area contributed by atoms with Crippen molar-refractivity contribution < 1.29 is 23.1 Å². The van der Waals surface area contributed by atoms with Gasteiger partial charge >= 0.3 is 6.18 Å². The Kier molecular flexibility index (Phi) is 8.69. The first-order valence-electron chi connectivity index (χ1n) is 11.8. The number of hydrogen-bond donors (Lipinski definition) is 4. The molecule has 0 bridgehead atoms. The number of rotatable bonds is 8. The Balaban J connectivity index is 2.00. The number of carbonyl (C=O) groups excluding carboxylic acids is 1. The van der Waals surface area contributed by atoms with Crippen molar-refractivity contribution >= 4 is 40.2 Å². The number of nitrogens with two attached hydrogens (primary N) is 1. The van der Waals surface area contributed by atoms with E-state index in [4.69, 9.17) is 5.73 Å². The van der Waals surface area contributed by atoms with E-state index in [-0.39, 0.29) is 34.4 Å². The van der Waals surface area contributed by atoms with Crippen LogP contribution in [0.15, 0.2) is 47.6 Å². The summed E-state index contributed by atoms with van der Waals surface area (Å²) in [5.41, 5.74) is 3.94. The van der Waals surface area contributed by atoms with Gasteiger partial charge in [-0.05, 0) is 32.3 Å². The summed E-state index contributed by atoms with van der Waals surface area (Å²) in [6, 6.07) is 2.75. The summed E-state index contributed by atoms with van der Waals surface area (Å²) < 4.78 is 41.6. The number of aliphatic hydroxyl groups excluding tert-OH is 1. The number of likely N-dealkylation sites (N-methyl/N-ethyl adjacent to an activating group) is 1. The van der Waals surface area contributed by atoms with Gasteiger partial charge in [0.1, 0.15) is 29.0 Å². The molecule has 0 spiro atoms. The summed E-state index contributed by atoms with van der Waals surface area (Å²) in [4.78, 5) is 35.0. The average molecular weight is 546 g/mol. The highest BCUT2D eigenvalue weighted by Gasteiger charge is 2.34. The number of nitrogens with zero attached hydrogens (tertiary/aromatic N) is 6. The van der Waals surface area contributed by atoms with E-state index in [1.165, 1.54) is 6.20 Å². The third-order valence-corrected chi connectivity index (χ3v) is 5.33. The maximum absolute atomic E-state index is 13.9. The fourth-order valence-electron chi connectivity index (χ4n) is 3.15. The van der Waals surface area contributed by atoms with E-state index in [0.29, 0.717) is 18.6 Å². The van der Waals surface area contributed by atoms with Crippen molar-refractivity contribution in [1.29, 1.82) is 0 Å². The molecule has 0 saturated carbocycles. The number of fused-ring (bicyclic) bond motifs is 1. The number of halogens is 3. The van der Waals surface area contributed by atoms with Crippen molar-refractivity contribution in [2.75, 3.05) is 37.8 Å². The summed E-state index contributed by atoms with van der Waals surface area (Å²) in [6.07, 6.45) is -1.04. The highest BCUT2D eigenvalue weighted by Crippen LogP contribution is 2.37. The van der Waals surface area contributed by atoms with Crippen LogP contribution in [0.1, 0.15) is 36.7 Å². The fraction of sp³-hybridized carbons (Fsp3) is 0.360. The van der Waals surface area contributed by atoms with E-state index in [2.05, 4.69) is 35.6 Å². The van der Waals surface area contributed by atoms with E-state index in [9.17, 15) is 23.1 Å². The highest BCUT2D eigenvalue weighted by molar-refractivity contribution is 6.07. The maximum Gasteiger partial charge on any atom is 0.418 e. The van der Waals surface area contributed by atoms with E-state index in [1.807, 2.05) is 19.0 Å². The number of anilines is 3. The molecule has 1 aromatic carbocycles. The lowest BCUT2D eigenvalue weighted by atomic mass is 9.93. The van der Waals surface area contributed by atoms with Crippen LogP contribution in [0.2, 0.25) is 0 Å². The van der Waals surface area contributed by atoms with Gasteiger partial charge in [0.05, 0.1) is 17.4 Å². The molecule has 208 valence electrons. The number of aliphatic hydroxyl groups is 1. The molecule has 0 radical (unpaired) electrons. The summed E-state index contributed by atoms with van der Waals surface area (Å²) in [5, 5.41) is 15.8. The summed E-state index contributed by atoms with van der Waals surface area (Å²) in [7, 11) is 3.81. The van der Waals surface area contributed by atoms with Crippen LogP contribution in [0.4, 0.5) is 30.6 Å². The molecule has 0 fully saturated rings. The van der Waals surface area contributed by atoms with E-state index >= 15 is 0 Å². The van der Waals surface area contributed by atoms with Crippen LogP contribution in [0.25, 0.3) is 11.0 Å². The minimum Gasteiger partial charge on any atom is -0.512 e. The van der Waals surface area contributed by atoms with Crippen LogP contribution < -0.4 is 16.4 Å². The van der Waals surface area contributed by atoms with E-state index < -0.39 is 28.7 Å². The van der Waals surface area contributed by atoms with Crippen molar-refractivity contribution in [2.45, 2.75) is 26.9 Å². The lowest BCUT2D eigenvalue weighted by Gasteiger charge is -2.17. The fourth-order valence-corrected chi connectivity index (χ4v) is 3.15. The molecule has 11 nitrogen and oxygen atoms in total. The first kappa shape index (κ1) is 29.2. The quantitative estimate of drug-likeness (QED) is 0.184. The first-order valence-corrected chi connectivity index (χ1v) is 11.8. The Hall–Kier alpha value is -4.33. The molecule has 2 aromatic heterocycles. The van der Waals surface area contributed by atoms with Gasteiger partial charge in [0, 0.05) is 30.1 Å². The number of amidine groups is 1. The van der Waals surface area contributed by atoms with Gasteiger partial charge in [-0.1, -0.05) is 20.8 Å². The number of allylic oxidation sites excluding steroid dienone is 1. The zero-order chi connectivity index (χ0) is 29.0. The van der Waals surface area contributed by atoms with Crippen LogP contribution in [-0.4, -0.2) is 68.9 Å². The van der Waals surface area contributed by atoms with Crippen molar-refractivity contribution in [3.8, 4) is 0 Å². The lowest BCUT2D eigenvalue weighted by Crippen LogP contribution is -2.21. The van der Waals surface area contributed by atoms with Gasteiger partial charge in [-0.25, -0.2) is 19.9 Å². The number of hydrogen-bond acceptors (Lipinski definition) is 9. The molecule has 0 atom stereocenters. The smallest absolute Gasteiger partial charge is 0.418 e. The topological polar surface area (TPSA) is 155 Å². The van der Waals surface area contributed by atoms with Crippen molar-refractivity contribution in [3.63, 3.8) is 0 Å². The average Bonchev–Trinajstić information content (AvgIpc) is 2.82. The van der Waals surface area contributed by atoms with E-state index in [0.717, 1.165) is 30.6 Å². The second-order valence-corrected chi connectivity index (χ2v) is 9.88.